The Bertz CT molecular complexity index is 127. The first-order chi connectivity index (χ1) is 5.72. The monoisotopic (exact) mass is 175 g/mol. The van der Waals surface area contributed by atoms with E-state index < -0.39 is 0 Å². The van der Waals surface area contributed by atoms with E-state index in [4.69, 9.17) is 4.74 Å². The van der Waals surface area contributed by atoms with Crippen LogP contribution in [0, 0.1) is 5.92 Å². The van der Waals surface area contributed by atoms with Crippen LogP contribution in [-0.4, -0.2) is 39.9 Å². The molecule has 12 heavy (non-hydrogen) atoms. The summed E-state index contributed by atoms with van der Waals surface area (Å²) in [5.74, 6) is -0.272. The molecule has 0 aromatic heterocycles. The Labute approximate surface area is 73.2 Å². The predicted octanol–water partition coefficient (Wildman–Crippen LogP) is 0.0315. The van der Waals surface area contributed by atoms with Crippen molar-refractivity contribution >= 4 is 5.97 Å². The fourth-order valence-electron chi connectivity index (χ4n) is 0.777. The number of rotatable bonds is 6. The lowest BCUT2D eigenvalue weighted by atomic mass is 10.2. The van der Waals surface area contributed by atoms with E-state index in [-0.39, 0.29) is 11.9 Å². The van der Waals surface area contributed by atoms with Gasteiger partial charge in [-0.15, -0.1) is 0 Å². The highest BCUT2D eigenvalue weighted by atomic mass is 16.5. The minimum Gasteiger partial charge on any atom is -0.469 e. The topological polar surface area (TPSA) is 47.6 Å². The predicted molar refractivity (Wildman–Crippen MR) is 45.9 cm³/mol. The quantitative estimate of drug-likeness (QED) is 0.457. The lowest BCUT2D eigenvalue weighted by Gasteiger charge is -2.09. The van der Waals surface area contributed by atoms with Crippen molar-refractivity contribution < 1.29 is 14.3 Å². The summed E-state index contributed by atoms with van der Waals surface area (Å²) in [6.45, 7) is 3.88. The zero-order chi connectivity index (χ0) is 9.40. The fraction of sp³-hybridized carbons (Fsp3) is 0.875. The first kappa shape index (κ1) is 11.4. The molecule has 0 saturated carbocycles. The van der Waals surface area contributed by atoms with Crippen molar-refractivity contribution in [3.8, 4) is 0 Å². The molecule has 0 heterocycles. The van der Waals surface area contributed by atoms with Crippen molar-refractivity contribution in [2.24, 2.45) is 5.92 Å². The molecule has 0 fully saturated rings. The van der Waals surface area contributed by atoms with E-state index in [1.807, 2.05) is 6.92 Å². The van der Waals surface area contributed by atoms with Gasteiger partial charge in [0, 0.05) is 20.2 Å². The van der Waals surface area contributed by atoms with Gasteiger partial charge in [-0.2, -0.15) is 0 Å². The van der Waals surface area contributed by atoms with Crippen LogP contribution in [-0.2, 0) is 14.3 Å². The Balaban J connectivity index is 3.31. The summed E-state index contributed by atoms with van der Waals surface area (Å²) in [5.41, 5.74) is 0. The van der Waals surface area contributed by atoms with Crippen LogP contribution >= 0.6 is 0 Å². The van der Waals surface area contributed by atoms with Crippen molar-refractivity contribution in [1.82, 2.24) is 5.32 Å². The van der Waals surface area contributed by atoms with E-state index >= 15 is 0 Å². The van der Waals surface area contributed by atoms with Crippen LogP contribution in [0.2, 0.25) is 0 Å². The highest BCUT2D eigenvalue weighted by Crippen LogP contribution is 1.94. The van der Waals surface area contributed by atoms with E-state index in [1.54, 1.807) is 7.11 Å². The van der Waals surface area contributed by atoms with Gasteiger partial charge in [-0.25, -0.2) is 0 Å². The molecule has 0 aliphatic heterocycles. The van der Waals surface area contributed by atoms with Gasteiger partial charge in [0.05, 0.1) is 19.6 Å². The molecule has 4 heteroatoms. The summed E-state index contributed by atoms with van der Waals surface area (Å²) in [6, 6.07) is 0. The summed E-state index contributed by atoms with van der Waals surface area (Å²) < 4.78 is 9.39. The maximum absolute atomic E-state index is 10.9. The van der Waals surface area contributed by atoms with Gasteiger partial charge < -0.3 is 14.8 Å². The molecule has 0 rings (SSSR count). The van der Waals surface area contributed by atoms with Crippen molar-refractivity contribution in [3.63, 3.8) is 0 Å². The summed E-state index contributed by atoms with van der Waals surface area (Å²) in [6.07, 6.45) is 0. The smallest absolute Gasteiger partial charge is 0.309 e. The van der Waals surface area contributed by atoms with E-state index in [2.05, 4.69) is 10.1 Å². The summed E-state index contributed by atoms with van der Waals surface area (Å²) in [4.78, 5) is 10.9. The van der Waals surface area contributed by atoms with Crippen molar-refractivity contribution in [2.45, 2.75) is 6.92 Å². The Morgan fingerprint density at radius 2 is 2.17 bits per heavy atom. The van der Waals surface area contributed by atoms with E-state index in [9.17, 15) is 4.79 Å². The average molecular weight is 175 g/mol. The van der Waals surface area contributed by atoms with Gasteiger partial charge in [-0.1, -0.05) is 6.92 Å². The molecule has 1 N–H and O–H groups in total. The van der Waals surface area contributed by atoms with Gasteiger partial charge >= 0.3 is 5.97 Å². The number of carbonyl (C=O) groups is 1. The maximum Gasteiger partial charge on any atom is 0.309 e. The van der Waals surface area contributed by atoms with Gasteiger partial charge in [0.2, 0.25) is 0 Å². The Kier molecular flexibility index (Phi) is 6.70. The molecule has 4 nitrogen and oxygen atoms in total. The molecule has 0 saturated heterocycles. The van der Waals surface area contributed by atoms with E-state index in [1.165, 1.54) is 7.11 Å². The second-order valence-electron chi connectivity index (χ2n) is 2.62. The molecule has 0 spiro atoms. The van der Waals surface area contributed by atoms with Gasteiger partial charge in [0.1, 0.15) is 0 Å². The van der Waals surface area contributed by atoms with Crippen LogP contribution in [0.1, 0.15) is 6.92 Å². The fourth-order valence-corrected chi connectivity index (χ4v) is 0.777. The summed E-state index contributed by atoms with van der Waals surface area (Å²) in [7, 11) is 3.04. The van der Waals surface area contributed by atoms with Crippen LogP contribution in [0.4, 0.5) is 0 Å². The molecular weight excluding hydrogens is 158 g/mol. The molecular formula is C8H17NO3. The molecule has 72 valence electrons. The molecule has 1 atom stereocenters. The zero-order valence-electron chi connectivity index (χ0n) is 7.92. The second-order valence-corrected chi connectivity index (χ2v) is 2.62. The number of carbonyl (C=O) groups excluding carboxylic acids is 1. The number of ether oxygens (including phenoxy) is 2. The highest BCUT2D eigenvalue weighted by Gasteiger charge is 2.11. The zero-order valence-corrected chi connectivity index (χ0v) is 7.92. The minimum atomic E-state index is -0.181. The summed E-state index contributed by atoms with van der Waals surface area (Å²) in [5, 5.41) is 3.08. The van der Waals surface area contributed by atoms with Crippen molar-refractivity contribution in [2.75, 3.05) is 33.9 Å². The van der Waals surface area contributed by atoms with Crippen molar-refractivity contribution in [1.29, 1.82) is 0 Å². The highest BCUT2D eigenvalue weighted by molar-refractivity contribution is 5.71. The number of hydrogen-bond acceptors (Lipinski definition) is 4. The molecule has 0 aliphatic rings. The molecule has 0 amide bonds. The minimum absolute atomic E-state index is 0.0909. The Morgan fingerprint density at radius 3 is 2.67 bits per heavy atom. The number of esters is 1. The first-order valence-electron chi connectivity index (χ1n) is 3.99. The third-order valence-electron chi connectivity index (χ3n) is 1.54. The first-order valence-corrected chi connectivity index (χ1v) is 3.99. The second kappa shape index (κ2) is 7.06. The molecule has 0 aromatic carbocycles. The van der Waals surface area contributed by atoms with Crippen LogP contribution in [0.25, 0.3) is 0 Å². The largest absolute Gasteiger partial charge is 0.469 e. The van der Waals surface area contributed by atoms with E-state index in [0.717, 1.165) is 6.54 Å². The lowest BCUT2D eigenvalue weighted by Crippen LogP contribution is -2.29. The van der Waals surface area contributed by atoms with Crippen LogP contribution in [0.15, 0.2) is 0 Å². The lowest BCUT2D eigenvalue weighted by molar-refractivity contribution is -0.144. The Morgan fingerprint density at radius 1 is 1.50 bits per heavy atom. The third kappa shape index (κ3) is 5.09. The van der Waals surface area contributed by atoms with Gasteiger partial charge in [-0.3, -0.25) is 4.79 Å². The number of hydrogen-bond donors (Lipinski definition) is 1. The standard InChI is InChI=1S/C8H17NO3/c1-7(8(10)12-3)6-9-4-5-11-2/h7,9H,4-6H2,1-3H3/t7-/m0/s1. The van der Waals surface area contributed by atoms with Crippen LogP contribution < -0.4 is 5.32 Å². The van der Waals surface area contributed by atoms with Crippen LogP contribution in [0.5, 0.6) is 0 Å². The molecule has 0 aliphatic carbocycles. The third-order valence-corrected chi connectivity index (χ3v) is 1.54. The molecule has 0 bridgehead atoms. The molecule has 0 aromatic rings. The SMILES string of the molecule is COCCNC[C@H](C)C(=O)OC. The van der Waals surface area contributed by atoms with Crippen molar-refractivity contribution in [3.05, 3.63) is 0 Å². The number of methoxy groups -OCH3 is 2. The Hall–Kier alpha value is -0.610. The number of nitrogens with one attached hydrogen (secondary N) is 1. The normalized spacial score (nSPS) is 12.6. The van der Waals surface area contributed by atoms with Gasteiger partial charge in [0.15, 0.2) is 0 Å². The molecule has 0 radical (unpaired) electrons. The maximum atomic E-state index is 10.9. The molecule has 0 unspecified atom stereocenters. The average Bonchev–Trinajstić information content (AvgIpc) is 2.10. The van der Waals surface area contributed by atoms with Gasteiger partial charge in [0.25, 0.3) is 0 Å². The van der Waals surface area contributed by atoms with Crippen LogP contribution in [0.3, 0.4) is 0 Å². The summed E-state index contributed by atoms with van der Waals surface area (Å²) >= 11 is 0. The van der Waals surface area contributed by atoms with Gasteiger partial charge in [-0.05, 0) is 0 Å². The van der Waals surface area contributed by atoms with E-state index in [0.29, 0.717) is 13.2 Å².